The second-order valence-corrected chi connectivity index (χ2v) is 5.27. The minimum atomic E-state index is -1.30. The number of halogens is 1. The maximum atomic E-state index is 15.1. The molecule has 3 nitrogen and oxygen atoms in total. The quantitative estimate of drug-likeness (QED) is 0.901. The lowest BCUT2D eigenvalue weighted by atomic mass is 9.81. The molecule has 0 atom stereocenters. The Bertz CT molecular complexity index is 542. The Labute approximate surface area is 112 Å². The second-order valence-electron chi connectivity index (χ2n) is 5.27. The molecule has 0 amide bonds. The molecule has 0 radical (unpaired) electrons. The summed E-state index contributed by atoms with van der Waals surface area (Å²) in [6.07, 6.45) is 4.09. The Morgan fingerprint density at radius 1 is 1.16 bits per heavy atom. The number of alkyl halides is 1. The molecule has 0 unspecified atom stereocenters. The maximum absolute atomic E-state index is 15.1. The minimum Gasteiger partial charge on any atom is -0.328 e. The Morgan fingerprint density at radius 3 is 2.53 bits per heavy atom. The third-order valence-electron chi connectivity index (χ3n) is 3.93. The second kappa shape index (κ2) is 4.78. The van der Waals surface area contributed by atoms with Gasteiger partial charge in [0, 0.05) is 12.2 Å². The van der Waals surface area contributed by atoms with Crippen molar-refractivity contribution in [1.82, 2.24) is 9.78 Å². The third-order valence-corrected chi connectivity index (χ3v) is 3.93. The smallest absolute Gasteiger partial charge is 0.152 e. The van der Waals surface area contributed by atoms with Gasteiger partial charge < -0.3 is 5.73 Å². The number of nitrogens with zero attached hydrogens (tertiary/aromatic N) is 2. The number of benzene rings is 1. The van der Waals surface area contributed by atoms with E-state index in [2.05, 4.69) is 5.10 Å². The lowest BCUT2D eigenvalue weighted by Gasteiger charge is -2.32. The molecular weight excluding hydrogens is 241 g/mol. The van der Waals surface area contributed by atoms with Crippen LogP contribution in [0.15, 0.2) is 42.6 Å². The molecule has 1 saturated carbocycles. The number of nitrogens with two attached hydrogens (primary N) is 1. The highest BCUT2D eigenvalue weighted by atomic mass is 19.1. The third kappa shape index (κ3) is 2.28. The molecule has 2 N–H and O–H groups in total. The van der Waals surface area contributed by atoms with Gasteiger partial charge in [0.2, 0.25) is 0 Å². The Balaban J connectivity index is 1.96. The normalized spacial score (nSPS) is 27.4. The van der Waals surface area contributed by atoms with E-state index in [0.29, 0.717) is 18.5 Å². The van der Waals surface area contributed by atoms with Crippen LogP contribution in [-0.4, -0.2) is 15.8 Å². The van der Waals surface area contributed by atoms with E-state index in [4.69, 9.17) is 5.73 Å². The van der Waals surface area contributed by atoms with E-state index >= 15 is 4.39 Å². The Hall–Kier alpha value is -1.68. The molecule has 19 heavy (non-hydrogen) atoms. The van der Waals surface area contributed by atoms with Crippen LogP contribution < -0.4 is 5.73 Å². The minimum absolute atomic E-state index is 0.136. The summed E-state index contributed by atoms with van der Waals surface area (Å²) in [6.45, 7) is 0. The van der Waals surface area contributed by atoms with Crippen LogP contribution in [0.25, 0.3) is 5.69 Å². The van der Waals surface area contributed by atoms with Crippen LogP contribution in [0.1, 0.15) is 31.4 Å². The Kier molecular flexibility index (Phi) is 3.11. The first-order chi connectivity index (χ1) is 9.19. The van der Waals surface area contributed by atoms with Crippen LogP contribution in [0.5, 0.6) is 0 Å². The van der Waals surface area contributed by atoms with Gasteiger partial charge in [-0.1, -0.05) is 18.2 Å². The van der Waals surface area contributed by atoms with Gasteiger partial charge in [-0.25, -0.2) is 9.07 Å². The van der Waals surface area contributed by atoms with Crippen LogP contribution >= 0.6 is 0 Å². The van der Waals surface area contributed by atoms with Crippen molar-refractivity contribution in [3.8, 4) is 5.69 Å². The highest BCUT2D eigenvalue weighted by molar-refractivity contribution is 5.34. The lowest BCUT2D eigenvalue weighted by Crippen LogP contribution is -2.35. The van der Waals surface area contributed by atoms with Crippen molar-refractivity contribution in [2.24, 2.45) is 5.73 Å². The van der Waals surface area contributed by atoms with Crippen molar-refractivity contribution < 1.29 is 4.39 Å². The summed E-state index contributed by atoms with van der Waals surface area (Å²) in [5.74, 6) is 0. The topological polar surface area (TPSA) is 43.8 Å². The lowest BCUT2D eigenvalue weighted by molar-refractivity contribution is 0.0901. The number of hydrogen-bond acceptors (Lipinski definition) is 2. The van der Waals surface area contributed by atoms with Crippen molar-refractivity contribution >= 4 is 0 Å². The van der Waals surface area contributed by atoms with Crippen LogP contribution in [0, 0.1) is 0 Å². The van der Waals surface area contributed by atoms with Crippen molar-refractivity contribution in [3.63, 3.8) is 0 Å². The molecule has 3 rings (SSSR count). The van der Waals surface area contributed by atoms with Crippen LogP contribution in [0.3, 0.4) is 0 Å². The van der Waals surface area contributed by atoms with Gasteiger partial charge >= 0.3 is 0 Å². The maximum Gasteiger partial charge on any atom is 0.152 e. The van der Waals surface area contributed by atoms with Crippen LogP contribution in [-0.2, 0) is 5.67 Å². The van der Waals surface area contributed by atoms with E-state index < -0.39 is 5.67 Å². The molecule has 1 aromatic heterocycles. The zero-order chi connectivity index (χ0) is 13.3. The average Bonchev–Trinajstić information content (AvgIpc) is 2.93. The van der Waals surface area contributed by atoms with Gasteiger partial charge in [-0.15, -0.1) is 0 Å². The van der Waals surface area contributed by atoms with E-state index in [1.165, 1.54) is 0 Å². The van der Waals surface area contributed by atoms with Gasteiger partial charge in [0.15, 0.2) is 5.67 Å². The first kappa shape index (κ1) is 12.4. The molecule has 1 aromatic carbocycles. The van der Waals surface area contributed by atoms with Gasteiger partial charge in [-0.2, -0.15) is 5.10 Å². The number of rotatable bonds is 2. The fourth-order valence-corrected chi connectivity index (χ4v) is 2.77. The van der Waals surface area contributed by atoms with Gasteiger partial charge in [-0.3, -0.25) is 0 Å². The predicted octanol–water partition coefficient (Wildman–Crippen LogP) is 2.94. The predicted molar refractivity (Wildman–Crippen MR) is 72.8 cm³/mol. The van der Waals surface area contributed by atoms with Crippen LogP contribution in [0.2, 0.25) is 0 Å². The van der Waals surface area contributed by atoms with Crippen LogP contribution in [0.4, 0.5) is 4.39 Å². The molecule has 2 aromatic rings. The van der Waals surface area contributed by atoms with Crippen molar-refractivity contribution in [3.05, 3.63) is 48.3 Å². The summed E-state index contributed by atoms with van der Waals surface area (Å²) in [5, 5.41) is 4.27. The summed E-state index contributed by atoms with van der Waals surface area (Å²) in [7, 11) is 0. The molecule has 100 valence electrons. The van der Waals surface area contributed by atoms with Crippen molar-refractivity contribution in [2.45, 2.75) is 37.4 Å². The number of aromatic nitrogens is 2. The molecule has 0 aliphatic heterocycles. The van der Waals surface area contributed by atoms with Gasteiger partial charge in [0.1, 0.15) is 0 Å². The molecular formula is C15H18FN3. The Morgan fingerprint density at radius 2 is 1.84 bits per heavy atom. The highest BCUT2D eigenvalue weighted by Crippen LogP contribution is 2.40. The van der Waals surface area contributed by atoms with Gasteiger partial charge in [0.05, 0.1) is 11.4 Å². The van der Waals surface area contributed by atoms with E-state index in [-0.39, 0.29) is 6.04 Å². The number of hydrogen-bond donors (Lipinski definition) is 1. The average molecular weight is 259 g/mol. The summed E-state index contributed by atoms with van der Waals surface area (Å²) >= 11 is 0. The SMILES string of the molecule is NC1CCC(F)(c2ccnn2-c2ccccc2)CC1. The first-order valence-corrected chi connectivity index (χ1v) is 6.73. The van der Waals surface area contributed by atoms with E-state index in [9.17, 15) is 0 Å². The molecule has 0 spiro atoms. The zero-order valence-corrected chi connectivity index (χ0v) is 10.8. The van der Waals surface area contributed by atoms with E-state index in [1.807, 2.05) is 30.3 Å². The largest absolute Gasteiger partial charge is 0.328 e. The van der Waals surface area contributed by atoms with E-state index in [1.54, 1.807) is 16.9 Å². The van der Waals surface area contributed by atoms with Crippen molar-refractivity contribution in [1.29, 1.82) is 0 Å². The van der Waals surface area contributed by atoms with Crippen molar-refractivity contribution in [2.75, 3.05) is 0 Å². The number of para-hydroxylation sites is 1. The molecule has 1 aliphatic carbocycles. The highest BCUT2D eigenvalue weighted by Gasteiger charge is 2.38. The first-order valence-electron chi connectivity index (χ1n) is 6.73. The van der Waals surface area contributed by atoms with Gasteiger partial charge in [0.25, 0.3) is 0 Å². The summed E-state index contributed by atoms with van der Waals surface area (Å²) < 4.78 is 16.8. The standard InChI is InChI=1S/C15H18FN3/c16-15(9-6-12(17)7-10-15)14-8-11-18-19(14)13-4-2-1-3-5-13/h1-5,8,11-12H,6-7,9-10,17H2. The summed E-state index contributed by atoms with van der Waals surface area (Å²) in [5.41, 5.74) is 6.11. The van der Waals surface area contributed by atoms with E-state index in [0.717, 1.165) is 18.5 Å². The summed E-state index contributed by atoms with van der Waals surface area (Å²) in [6, 6.07) is 11.6. The molecule has 0 bridgehead atoms. The van der Waals surface area contributed by atoms with Gasteiger partial charge in [-0.05, 0) is 43.9 Å². The fraction of sp³-hybridized carbons (Fsp3) is 0.400. The zero-order valence-electron chi connectivity index (χ0n) is 10.8. The molecule has 1 fully saturated rings. The monoisotopic (exact) mass is 259 g/mol. The molecule has 1 aliphatic rings. The molecule has 4 heteroatoms. The fourth-order valence-electron chi connectivity index (χ4n) is 2.77. The molecule has 0 saturated heterocycles. The summed E-state index contributed by atoms with van der Waals surface area (Å²) in [4.78, 5) is 0. The molecule has 1 heterocycles.